The summed E-state index contributed by atoms with van der Waals surface area (Å²) in [6, 6.07) is 9.91. The SMILES string of the molecule is Cc1cn[nH]c1C(F)C1(c2cccc(N3Cc4c(cc(CN5CCN(C)C[C@@H]5C(C)C)cc4C(F)(F)F)C3=O)c2)COC1. The number of hydrogen-bond acceptors (Lipinski definition) is 5. The largest absolute Gasteiger partial charge is 0.416 e. The van der Waals surface area contributed by atoms with Crippen molar-refractivity contribution in [3.8, 4) is 0 Å². The molecule has 3 aliphatic heterocycles. The lowest BCUT2D eigenvalue weighted by Gasteiger charge is -2.44. The Morgan fingerprint density at radius 3 is 2.56 bits per heavy atom. The molecule has 1 aromatic heterocycles. The molecular weight excluding hydrogens is 562 g/mol. The first kappa shape index (κ1) is 29.8. The number of carbonyl (C=O) groups is 1. The first-order valence-electron chi connectivity index (χ1n) is 14.7. The zero-order chi connectivity index (χ0) is 30.7. The van der Waals surface area contributed by atoms with Gasteiger partial charge in [0.2, 0.25) is 0 Å². The molecule has 4 heterocycles. The highest BCUT2D eigenvalue weighted by Gasteiger charge is 2.50. The summed E-state index contributed by atoms with van der Waals surface area (Å²) in [6.45, 7) is 8.82. The molecule has 1 N–H and O–H groups in total. The van der Waals surface area contributed by atoms with Gasteiger partial charge in [-0.3, -0.25) is 14.8 Å². The summed E-state index contributed by atoms with van der Waals surface area (Å²) in [5, 5.41) is 6.70. The van der Waals surface area contributed by atoms with Gasteiger partial charge in [-0.1, -0.05) is 26.0 Å². The van der Waals surface area contributed by atoms with Gasteiger partial charge in [0.05, 0.1) is 42.6 Å². The van der Waals surface area contributed by atoms with Crippen LogP contribution in [0.3, 0.4) is 0 Å². The number of hydrogen-bond donors (Lipinski definition) is 1. The average molecular weight is 600 g/mol. The number of ether oxygens (including phenoxy) is 1. The van der Waals surface area contributed by atoms with E-state index in [9.17, 15) is 18.0 Å². The van der Waals surface area contributed by atoms with Gasteiger partial charge < -0.3 is 14.5 Å². The van der Waals surface area contributed by atoms with E-state index in [2.05, 4.69) is 40.9 Å². The minimum absolute atomic E-state index is 0.0245. The number of alkyl halides is 4. The summed E-state index contributed by atoms with van der Waals surface area (Å²) in [6.07, 6.45) is -4.49. The summed E-state index contributed by atoms with van der Waals surface area (Å²) in [5.74, 6) is -0.160. The summed E-state index contributed by atoms with van der Waals surface area (Å²) in [7, 11) is 2.05. The van der Waals surface area contributed by atoms with Crippen molar-refractivity contribution in [3.63, 3.8) is 0 Å². The van der Waals surface area contributed by atoms with E-state index in [0.717, 1.165) is 19.6 Å². The maximum Gasteiger partial charge on any atom is 0.416 e. The number of nitrogens with one attached hydrogen (secondary N) is 1. The molecule has 7 nitrogen and oxygen atoms in total. The molecule has 0 aliphatic carbocycles. The van der Waals surface area contributed by atoms with Crippen molar-refractivity contribution >= 4 is 11.6 Å². The van der Waals surface area contributed by atoms with Gasteiger partial charge in [0.15, 0.2) is 6.17 Å². The molecule has 2 saturated heterocycles. The number of carbonyl (C=O) groups excluding carboxylic acids is 1. The Kier molecular flexibility index (Phi) is 7.63. The van der Waals surface area contributed by atoms with Gasteiger partial charge in [-0.2, -0.15) is 18.3 Å². The number of anilines is 1. The number of aromatic nitrogens is 2. The van der Waals surface area contributed by atoms with Gasteiger partial charge in [-0.25, -0.2) is 4.39 Å². The summed E-state index contributed by atoms with van der Waals surface area (Å²) >= 11 is 0. The standard InChI is InChI=1S/C32H37F4N5O2/c1-19(2)27-16-39(4)8-9-40(27)14-21-10-24-25(26(11-21)32(34,35)36)15-41(30(24)42)23-7-5-6-22(12-23)31(17-43-18-31)29(33)28-20(3)13-37-38-28/h5-7,10-13,19,27,29H,8-9,14-18H2,1-4H3,(H,37,38)/t27-,29?/m1/s1. The van der Waals surface area contributed by atoms with Crippen molar-refractivity contribution in [1.82, 2.24) is 20.0 Å². The first-order valence-corrected chi connectivity index (χ1v) is 14.7. The van der Waals surface area contributed by atoms with Crippen LogP contribution in [0.2, 0.25) is 0 Å². The predicted octanol–water partition coefficient (Wildman–Crippen LogP) is 5.65. The van der Waals surface area contributed by atoms with Gasteiger partial charge in [-0.05, 0) is 66.4 Å². The number of benzene rings is 2. The lowest BCUT2D eigenvalue weighted by Crippen LogP contribution is -2.53. The predicted molar refractivity (Wildman–Crippen MR) is 155 cm³/mol. The molecule has 0 spiro atoms. The van der Waals surface area contributed by atoms with E-state index in [1.54, 1.807) is 43.5 Å². The molecule has 2 atom stereocenters. The molecule has 230 valence electrons. The van der Waals surface area contributed by atoms with E-state index in [4.69, 9.17) is 4.74 Å². The minimum Gasteiger partial charge on any atom is -0.379 e. The Bertz CT molecular complexity index is 1520. The van der Waals surface area contributed by atoms with Crippen molar-refractivity contribution < 1.29 is 27.1 Å². The van der Waals surface area contributed by atoms with Crippen LogP contribution >= 0.6 is 0 Å². The molecule has 43 heavy (non-hydrogen) atoms. The van der Waals surface area contributed by atoms with Crippen LogP contribution in [0.1, 0.15) is 63.9 Å². The summed E-state index contributed by atoms with van der Waals surface area (Å²) in [5.41, 5.74) is 0.846. The van der Waals surface area contributed by atoms with Crippen LogP contribution in [0.15, 0.2) is 42.6 Å². The lowest BCUT2D eigenvalue weighted by atomic mass is 9.73. The van der Waals surface area contributed by atoms with E-state index in [1.807, 2.05) is 0 Å². The van der Waals surface area contributed by atoms with Gasteiger partial charge in [-0.15, -0.1) is 0 Å². The number of halogens is 4. The number of piperazine rings is 1. The Morgan fingerprint density at radius 1 is 1.16 bits per heavy atom. The van der Waals surface area contributed by atoms with E-state index < -0.39 is 29.2 Å². The Hall–Kier alpha value is -3.28. The number of nitrogens with zero attached hydrogens (tertiary/aromatic N) is 4. The number of aryl methyl sites for hydroxylation is 1. The van der Waals surface area contributed by atoms with Crippen LogP contribution in [0, 0.1) is 12.8 Å². The Labute approximate surface area is 248 Å². The summed E-state index contributed by atoms with van der Waals surface area (Å²) in [4.78, 5) is 19.6. The van der Waals surface area contributed by atoms with E-state index in [0.29, 0.717) is 40.5 Å². The highest BCUT2D eigenvalue weighted by molar-refractivity contribution is 6.10. The van der Waals surface area contributed by atoms with Crippen LogP contribution in [0.5, 0.6) is 0 Å². The van der Waals surface area contributed by atoms with E-state index >= 15 is 4.39 Å². The maximum absolute atomic E-state index is 16.0. The fraction of sp³-hybridized carbons (Fsp3) is 0.500. The van der Waals surface area contributed by atoms with E-state index in [1.165, 1.54) is 11.0 Å². The van der Waals surface area contributed by atoms with Crippen molar-refractivity contribution in [1.29, 1.82) is 0 Å². The molecule has 0 radical (unpaired) electrons. The zero-order valence-corrected chi connectivity index (χ0v) is 24.8. The van der Waals surface area contributed by atoms with Crippen LogP contribution in [0.4, 0.5) is 23.2 Å². The van der Waals surface area contributed by atoms with Crippen molar-refractivity contribution in [3.05, 3.63) is 81.7 Å². The third kappa shape index (κ3) is 5.25. The van der Waals surface area contributed by atoms with Crippen molar-refractivity contribution in [2.24, 2.45) is 5.92 Å². The number of H-pyrrole nitrogens is 1. The monoisotopic (exact) mass is 599 g/mol. The Balaban J connectivity index is 1.32. The third-order valence-electron chi connectivity index (χ3n) is 9.36. The number of likely N-dealkylation sites (N-methyl/N-ethyl adjacent to an activating group) is 1. The molecular formula is C32H37F4N5O2. The van der Waals surface area contributed by atoms with Gasteiger partial charge >= 0.3 is 6.18 Å². The molecule has 2 fully saturated rings. The van der Waals surface area contributed by atoms with Crippen LogP contribution in [-0.2, 0) is 29.4 Å². The summed E-state index contributed by atoms with van der Waals surface area (Å²) < 4.78 is 64.7. The normalized spacial score (nSPS) is 21.7. The molecule has 6 rings (SSSR count). The fourth-order valence-corrected chi connectivity index (χ4v) is 6.73. The third-order valence-corrected chi connectivity index (χ3v) is 9.36. The highest BCUT2D eigenvalue weighted by atomic mass is 19.4. The molecule has 1 amide bonds. The second kappa shape index (κ2) is 11.0. The van der Waals surface area contributed by atoms with Crippen molar-refractivity contribution in [2.45, 2.75) is 57.7 Å². The number of fused-ring (bicyclic) bond motifs is 1. The second-order valence-electron chi connectivity index (χ2n) is 12.6. The quantitative estimate of drug-likeness (QED) is 0.356. The second-order valence-corrected chi connectivity index (χ2v) is 12.6. The van der Waals surface area contributed by atoms with Crippen LogP contribution in [-0.4, -0.2) is 71.8 Å². The number of rotatable bonds is 7. The number of aromatic amines is 1. The number of amides is 1. The lowest BCUT2D eigenvalue weighted by molar-refractivity contribution is -0.138. The molecule has 3 aliphatic rings. The van der Waals surface area contributed by atoms with Gasteiger partial charge in [0.1, 0.15) is 0 Å². The maximum atomic E-state index is 16.0. The molecule has 11 heteroatoms. The van der Waals surface area contributed by atoms with Gasteiger partial charge in [0, 0.05) is 43.5 Å². The molecule has 0 saturated carbocycles. The molecule has 3 aromatic rings. The zero-order valence-electron chi connectivity index (χ0n) is 24.8. The average Bonchev–Trinajstić information content (AvgIpc) is 3.51. The molecule has 2 aromatic carbocycles. The molecule has 1 unspecified atom stereocenters. The smallest absolute Gasteiger partial charge is 0.379 e. The van der Waals surface area contributed by atoms with Crippen LogP contribution in [0.25, 0.3) is 0 Å². The molecule has 0 bridgehead atoms. The first-order chi connectivity index (χ1) is 20.4. The van der Waals surface area contributed by atoms with Gasteiger partial charge in [0.25, 0.3) is 5.91 Å². The Morgan fingerprint density at radius 2 is 1.93 bits per heavy atom. The van der Waals surface area contributed by atoms with E-state index in [-0.39, 0.29) is 36.9 Å². The topological polar surface area (TPSA) is 64.7 Å². The fourth-order valence-electron chi connectivity index (χ4n) is 6.73. The van der Waals surface area contributed by atoms with Crippen molar-refractivity contribution in [2.75, 3.05) is 44.8 Å². The minimum atomic E-state index is -4.62. The van der Waals surface area contributed by atoms with Crippen LogP contribution < -0.4 is 4.90 Å². The highest BCUT2D eigenvalue weighted by Crippen LogP contribution is 2.47.